The van der Waals surface area contributed by atoms with Crippen LogP contribution in [0.4, 0.5) is 5.13 Å². The first-order valence-electron chi connectivity index (χ1n) is 6.33. The molecule has 1 saturated heterocycles. The van der Waals surface area contributed by atoms with Gasteiger partial charge in [0, 0.05) is 41.7 Å². The van der Waals surface area contributed by atoms with E-state index >= 15 is 0 Å². The average Bonchev–Trinajstić information content (AvgIpc) is 2.86. The first kappa shape index (κ1) is 13.2. The van der Waals surface area contributed by atoms with Gasteiger partial charge in [-0.05, 0) is 19.9 Å². The second-order valence-electron chi connectivity index (χ2n) is 4.32. The van der Waals surface area contributed by atoms with Crippen molar-refractivity contribution in [3.63, 3.8) is 0 Å². The minimum Gasteiger partial charge on any atom is -0.346 e. The molecule has 2 rings (SSSR count). The van der Waals surface area contributed by atoms with Gasteiger partial charge in [-0.1, -0.05) is 6.92 Å². The van der Waals surface area contributed by atoms with E-state index in [-0.39, 0.29) is 0 Å². The maximum absolute atomic E-state index is 4.56. The number of nitrogens with one attached hydrogen (secondary N) is 1. The van der Waals surface area contributed by atoms with Crippen LogP contribution in [-0.2, 0) is 0 Å². The fraction of sp³-hybridized carbons (Fsp3) is 0.750. The van der Waals surface area contributed by atoms with E-state index in [1.54, 1.807) is 0 Å². The number of rotatable bonds is 5. The maximum Gasteiger partial charge on any atom is 0.185 e. The number of anilines is 1. The van der Waals surface area contributed by atoms with Gasteiger partial charge in [-0.15, -0.1) is 11.3 Å². The first-order chi connectivity index (χ1) is 8.31. The number of nitrogens with zero attached hydrogens (tertiary/aromatic N) is 2. The Labute approximate surface area is 112 Å². The fourth-order valence-electron chi connectivity index (χ4n) is 1.84. The topological polar surface area (TPSA) is 28.2 Å². The molecule has 1 aliphatic heterocycles. The summed E-state index contributed by atoms with van der Waals surface area (Å²) < 4.78 is 0. The molecule has 3 nitrogen and oxygen atoms in total. The molecule has 0 amide bonds. The second-order valence-corrected chi connectivity index (χ2v) is 6.59. The van der Waals surface area contributed by atoms with Crippen LogP contribution in [0.15, 0.2) is 6.20 Å². The van der Waals surface area contributed by atoms with Crippen LogP contribution in [0.1, 0.15) is 31.2 Å². The van der Waals surface area contributed by atoms with E-state index in [0.717, 1.165) is 19.6 Å². The summed E-state index contributed by atoms with van der Waals surface area (Å²) in [6.45, 7) is 7.79. The van der Waals surface area contributed by atoms with E-state index in [1.807, 2.05) is 29.3 Å². The van der Waals surface area contributed by atoms with E-state index in [0.29, 0.717) is 6.04 Å². The lowest BCUT2D eigenvalue weighted by molar-refractivity contribution is 0.577. The molecule has 0 radical (unpaired) electrons. The highest BCUT2D eigenvalue weighted by Gasteiger charge is 2.16. The summed E-state index contributed by atoms with van der Waals surface area (Å²) in [4.78, 5) is 8.33. The summed E-state index contributed by atoms with van der Waals surface area (Å²) in [6.07, 6.45) is 3.22. The smallest absolute Gasteiger partial charge is 0.185 e. The molecule has 0 bridgehead atoms. The number of aromatic nitrogens is 1. The minimum atomic E-state index is 0.431. The highest BCUT2D eigenvalue weighted by Crippen LogP contribution is 2.28. The van der Waals surface area contributed by atoms with Crippen molar-refractivity contribution in [2.24, 2.45) is 0 Å². The van der Waals surface area contributed by atoms with Crippen LogP contribution in [0.3, 0.4) is 0 Å². The third-order valence-electron chi connectivity index (χ3n) is 2.92. The zero-order valence-corrected chi connectivity index (χ0v) is 12.2. The molecular weight excluding hydrogens is 250 g/mol. The predicted molar refractivity (Wildman–Crippen MR) is 78.4 cm³/mol. The molecular formula is C12H21N3S2. The van der Waals surface area contributed by atoms with Gasteiger partial charge in [0.05, 0.1) is 0 Å². The molecule has 1 unspecified atom stereocenters. The van der Waals surface area contributed by atoms with Crippen LogP contribution in [0, 0.1) is 0 Å². The van der Waals surface area contributed by atoms with Crippen molar-refractivity contribution >= 4 is 28.2 Å². The molecule has 1 N–H and O–H groups in total. The van der Waals surface area contributed by atoms with Crippen LogP contribution < -0.4 is 10.2 Å². The third-order valence-corrected chi connectivity index (χ3v) is 5.10. The van der Waals surface area contributed by atoms with Crippen molar-refractivity contribution in [3.05, 3.63) is 11.1 Å². The molecule has 96 valence electrons. The summed E-state index contributed by atoms with van der Waals surface area (Å²) in [5, 5.41) is 4.71. The molecule has 0 saturated carbocycles. The molecule has 1 aromatic rings. The van der Waals surface area contributed by atoms with Crippen molar-refractivity contribution in [1.82, 2.24) is 10.3 Å². The molecule has 2 heterocycles. The molecule has 17 heavy (non-hydrogen) atoms. The zero-order chi connectivity index (χ0) is 12.1. The summed E-state index contributed by atoms with van der Waals surface area (Å²) in [7, 11) is 0. The first-order valence-corrected chi connectivity index (χ1v) is 8.30. The SMILES string of the molecule is CCCNC(C)c1cnc(N2CCSCC2)s1. The lowest BCUT2D eigenvalue weighted by Gasteiger charge is -2.25. The lowest BCUT2D eigenvalue weighted by Crippen LogP contribution is -2.32. The van der Waals surface area contributed by atoms with Crippen LogP contribution in [0.25, 0.3) is 0 Å². The summed E-state index contributed by atoms with van der Waals surface area (Å²) in [5.41, 5.74) is 0. The Morgan fingerprint density at radius 3 is 2.94 bits per heavy atom. The summed E-state index contributed by atoms with van der Waals surface area (Å²) in [6, 6.07) is 0.431. The normalized spacial score (nSPS) is 18.4. The van der Waals surface area contributed by atoms with Crippen molar-refractivity contribution in [2.45, 2.75) is 26.3 Å². The molecule has 1 atom stereocenters. The molecule has 0 aliphatic carbocycles. The second kappa shape index (κ2) is 6.61. The van der Waals surface area contributed by atoms with Crippen LogP contribution in [-0.4, -0.2) is 36.1 Å². The molecule has 1 aromatic heterocycles. The largest absolute Gasteiger partial charge is 0.346 e. The highest BCUT2D eigenvalue weighted by molar-refractivity contribution is 7.99. The van der Waals surface area contributed by atoms with Gasteiger partial charge >= 0.3 is 0 Å². The van der Waals surface area contributed by atoms with Gasteiger partial charge in [-0.3, -0.25) is 0 Å². The van der Waals surface area contributed by atoms with E-state index < -0.39 is 0 Å². The Bertz CT molecular complexity index is 334. The maximum atomic E-state index is 4.56. The Kier molecular flexibility index (Phi) is 5.13. The Morgan fingerprint density at radius 1 is 1.47 bits per heavy atom. The van der Waals surface area contributed by atoms with E-state index in [2.05, 4.69) is 29.0 Å². The van der Waals surface area contributed by atoms with Crippen LogP contribution in [0.5, 0.6) is 0 Å². The van der Waals surface area contributed by atoms with Gasteiger partial charge in [0.1, 0.15) is 0 Å². The van der Waals surface area contributed by atoms with Crippen molar-refractivity contribution in [1.29, 1.82) is 0 Å². The zero-order valence-electron chi connectivity index (χ0n) is 10.6. The molecule has 1 aliphatic rings. The van der Waals surface area contributed by atoms with E-state index in [1.165, 1.54) is 27.9 Å². The highest BCUT2D eigenvalue weighted by atomic mass is 32.2. The van der Waals surface area contributed by atoms with Crippen molar-refractivity contribution in [2.75, 3.05) is 36.0 Å². The van der Waals surface area contributed by atoms with Crippen molar-refractivity contribution in [3.8, 4) is 0 Å². The Balaban J connectivity index is 1.94. The molecule has 5 heteroatoms. The summed E-state index contributed by atoms with van der Waals surface area (Å²) in [5.74, 6) is 2.47. The van der Waals surface area contributed by atoms with Gasteiger partial charge in [0.15, 0.2) is 5.13 Å². The number of thiazole rings is 1. The Hall–Kier alpha value is -0.260. The standard InChI is InChI=1S/C12H21N3S2/c1-3-4-13-10(2)11-9-14-12(17-11)15-5-7-16-8-6-15/h9-10,13H,3-8H2,1-2H3. The number of hydrogen-bond donors (Lipinski definition) is 1. The van der Waals surface area contributed by atoms with Gasteiger partial charge in [0.2, 0.25) is 0 Å². The predicted octanol–water partition coefficient (Wildman–Crippen LogP) is 2.76. The van der Waals surface area contributed by atoms with Crippen LogP contribution in [0.2, 0.25) is 0 Å². The van der Waals surface area contributed by atoms with Crippen molar-refractivity contribution < 1.29 is 0 Å². The fourth-order valence-corrected chi connectivity index (χ4v) is 3.74. The quantitative estimate of drug-likeness (QED) is 0.891. The average molecular weight is 271 g/mol. The van der Waals surface area contributed by atoms with Crippen LogP contribution >= 0.6 is 23.1 Å². The number of thioether (sulfide) groups is 1. The lowest BCUT2D eigenvalue weighted by atomic mass is 10.3. The minimum absolute atomic E-state index is 0.431. The monoisotopic (exact) mass is 271 g/mol. The Morgan fingerprint density at radius 2 is 2.24 bits per heavy atom. The molecule has 0 spiro atoms. The van der Waals surface area contributed by atoms with E-state index in [4.69, 9.17) is 0 Å². The summed E-state index contributed by atoms with van der Waals surface area (Å²) >= 11 is 3.88. The molecule has 1 fully saturated rings. The molecule has 0 aromatic carbocycles. The van der Waals surface area contributed by atoms with E-state index in [9.17, 15) is 0 Å². The number of hydrogen-bond acceptors (Lipinski definition) is 5. The van der Waals surface area contributed by atoms with Gasteiger partial charge in [-0.25, -0.2) is 4.98 Å². The van der Waals surface area contributed by atoms with Gasteiger partial charge in [-0.2, -0.15) is 11.8 Å². The third kappa shape index (κ3) is 3.60. The van der Waals surface area contributed by atoms with Gasteiger partial charge in [0.25, 0.3) is 0 Å². The van der Waals surface area contributed by atoms with Gasteiger partial charge < -0.3 is 10.2 Å².